The third-order valence-electron chi connectivity index (χ3n) is 4.42. The molecule has 0 atom stereocenters. The molecule has 6 nitrogen and oxygen atoms in total. The lowest BCUT2D eigenvalue weighted by molar-refractivity contribution is 0.105. The molecule has 1 saturated heterocycles. The first-order valence-electron chi connectivity index (χ1n) is 9.20. The normalized spacial score (nSPS) is 14.2. The molecule has 3 rings (SSSR count). The van der Waals surface area contributed by atoms with Crippen LogP contribution in [0.5, 0.6) is 0 Å². The van der Waals surface area contributed by atoms with Crippen LogP contribution in [0.2, 0.25) is 0 Å². The van der Waals surface area contributed by atoms with Crippen LogP contribution < -0.4 is 10.2 Å². The Bertz CT molecular complexity index is 728. The van der Waals surface area contributed by atoms with E-state index in [1.807, 2.05) is 31.2 Å². The van der Waals surface area contributed by atoms with Crippen LogP contribution in [0.1, 0.15) is 13.8 Å². The first-order chi connectivity index (χ1) is 12.7. The molecule has 0 bridgehead atoms. The molecule has 1 aromatic heterocycles. The molecule has 1 aliphatic heterocycles. The highest BCUT2D eigenvalue weighted by Gasteiger charge is 2.24. The van der Waals surface area contributed by atoms with E-state index >= 15 is 0 Å². The summed E-state index contributed by atoms with van der Waals surface area (Å²) in [6.45, 7) is 7.91. The second-order valence-corrected chi connectivity index (χ2v) is 6.14. The zero-order valence-electron chi connectivity index (χ0n) is 15.4. The fraction of sp³-hybridized carbons (Fsp3) is 0.400. The number of carbonyl (C=O) groups excluding carboxylic acids is 1. The number of nitrogens with one attached hydrogen (secondary N) is 1. The van der Waals surface area contributed by atoms with E-state index in [0.717, 1.165) is 42.4 Å². The fourth-order valence-electron chi connectivity index (χ4n) is 3.10. The predicted octanol–water partition coefficient (Wildman–Crippen LogP) is 3.46. The highest BCUT2D eigenvalue weighted by Crippen LogP contribution is 2.29. The van der Waals surface area contributed by atoms with Crippen LogP contribution in [0.15, 0.2) is 42.5 Å². The number of pyridine rings is 1. The molecule has 0 spiro atoms. The predicted molar refractivity (Wildman–Crippen MR) is 105 cm³/mol. The number of rotatable bonds is 5. The van der Waals surface area contributed by atoms with E-state index in [1.54, 1.807) is 4.90 Å². The van der Waals surface area contributed by atoms with Gasteiger partial charge in [-0.3, -0.25) is 0 Å². The first kappa shape index (κ1) is 18.0. The number of hydrogen-bond acceptors (Lipinski definition) is 5. The Balaban J connectivity index is 1.80. The minimum absolute atomic E-state index is 0.231. The minimum Gasteiger partial charge on any atom is -0.450 e. The lowest BCUT2D eigenvalue weighted by atomic mass is 10.1. The second-order valence-electron chi connectivity index (χ2n) is 6.14. The molecule has 1 N–H and O–H groups in total. The van der Waals surface area contributed by atoms with Crippen molar-refractivity contribution < 1.29 is 9.53 Å². The maximum Gasteiger partial charge on any atom is 0.409 e. The van der Waals surface area contributed by atoms with Gasteiger partial charge in [-0.15, -0.1) is 0 Å². The molecule has 2 heterocycles. The summed E-state index contributed by atoms with van der Waals surface area (Å²) in [6.07, 6.45) is -0.231. The molecule has 1 amide bonds. The summed E-state index contributed by atoms with van der Waals surface area (Å²) in [4.78, 5) is 20.8. The Morgan fingerprint density at radius 2 is 1.81 bits per heavy atom. The van der Waals surface area contributed by atoms with Gasteiger partial charge >= 0.3 is 6.09 Å². The number of hydrogen-bond donors (Lipinski definition) is 1. The maximum absolute atomic E-state index is 11.9. The minimum atomic E-state index is -0.231. The van der Waals surface area contributed by atoms with Gasteiger partial charge in [-0.2, -0.15) is 0 Å². The lowest BCUT2D eigenvalue weighted by Gasteiger charge is -2.35. The lowest BCUT2D eigenvalue weighted by Crippen LogP contribution is -2.49. The van der Waals surface area contributed by atoms with Crippen molar-refractivity contribution in [2.45, 2.75) is 13.8 Å². The Kier molecular flexibility index (Phi) is 5.94. The summed E-state index contributed by atoms with van der Waals surface area (Å²) < 4.78 is 5.10. The quantitative estimate of drug-likeness (QED) is 0.891. The van der Waals surface area contributed by atoms with Gasteiger partial charge in [-0.25, -0.2) is 9.78 Å². The molecule has 26 heavy (non-hydrogen) atoms. The monoisotopic (exact) mass is 354 g/mol. The Morgan fingerprint density at radius 1 is 1.08 bits per heavy atom. The highest BCUT2D eigenvalue weighted by molar-refractivity contribution is 5.73. The van der Waals surface area contributed by atoms with Gasteiger partial charge < -0.3 is 19.9 Å². The number of aromatic nitrogens is 1. The molecule has 1 aliphatic rings. The number of piperazine rings is 1. The first-order valence-corrected chi connectivity index (χ1v) is 9.20. The van der Waals surface area contributed by atoms with Crippen molar-refractivity contribution in [3.8, 4) is 11.3 Å². The summed E-state index contributed by atoms with van der Waals surface area (Å²) in [5.74, 6) is 0.941. The third-order valence-corrected chi connectivity index (χ3v) is 4.42. The van der Waals surface area contributed by atoms with Gasteiger partial charge in [0.2, 0.25) is 0 Å². The number of benzene rings is 1. The van der Waals surface area contributed by atoms with Crippen LogP contribution in [0.25, 0.3) is 11.3 Å². The van der Waals surface area contributed by atoms with E-state index in [2.05, 4.69) is 35.3 Å². The highest BCUT2D eigenvalue weighted by atomic mass is 16.6. The third kappa shape index (κ3) is 4.07. The van der Waals surface area contributed by atoms with Crippen molar-refractivity contribution >= 4 is 17.6 Å². The van der Waals surface area contributed by atoms with E-state index < -0.39 is 0 Å². The van der Waals surface area contributed by atoms with Crippen LogP contribution in [-0.2, 0) is 4.74 Å². The topological polar surface area (TPSA) is 57.7 Å². The molecular weight excluding hydrogens is 328 g/mol. The second kappa shape index (κ2) is 8.56. The van der Waals surface area contributed by atoms with E-state index in [-0.39, 0.29) is 6.09 Å². The molecule has 138 valence electrons. The zero-order valence-corrected chi connectivity index (χ0v) is 15.4. The molecule has 0 radical (unpaired) electrons. The van der Waals surface area contributed by atoms with Gasteiger partial charge in [0.1, 0.15) is 0 Å². The molecule has 1 fully saturated rings. The standard InChI is InChI=1S/C20H26N4O2/c1-3-21-18-11-10-17(16-8-6-5-7-9-16)22-19(18)23-12-14-24(15-13-23)20(25)26-4-2/h5-11,21H,3-4,12-15H2,1-2H3. The van der Waals surface area contributed by atoms with Crippen molar-refractivity contribution in [1.82, 2.24) is 9.88 Å². The van der Waals surface area contributed by atoms with Crippen molar-refractivity contribution in [3.63, 3.8) is 0 Å². The SMILES string of the molecule is CCNc1ccc(-c2ccccc2)nc1N1CCN(C(=O)OCC)CC1. The molecular formula is C20H26N4O2. The summed E-state index contributed by atoms with van der Waals surface area (Å²) in [7, 11) is 0. The molecule has 6 heteroatoms. The summed E-state index contributed by atoms with van der Waals surface area (Å²) in [5.41, 5.74) is 3.08. The Labute approximate surface area is 154 Å². The van der Waals surface area contributed by atoms with E-state index in [1.165, 1.54) is 0 Å². The van der Waals surface area contributed by atoms with Gasteiger partial charge in [0.05, 0.1) is 18.0 Å². The van der Waals surface area contributed by atoms with E-state index in [4.69, 9.17) is 9.72 Å². The zero-order chi connectivity index (χ0) is 18.4. The Morgan fingerprint density at radius 3 is 2.46 bits per heavy atom. The van der Waals surface area contributed by atoms with E-state index in [9.17, 15) is 4.79 Å². The molecule has 0 aliphatic carbocycles. The average molecular weight is 354 g/mol. The number of nitrogens with zero attached hydrogens (tertiary/aromatic N) is 3. The smallest absolute Gasteiger partial charge is 0.409 e. The van der Waals surface area contributed by atoms with Crippen molar-refractivity contribution in [2.75, 3.05) is 49.5 Å². The van der Waals surface area contributed by atoms with E-state index in [0.29, 0.717) is 19.7 Å². The van der Waals surface area contributed by atoms with Crippen molar-refractivity contribution in [2.24, 2.45) is 0 Å². The van der Waals surface area contributed by atoms with Gasteiger partial charge in [-0.05, 0) is 26.0 Å². The van der Waals surface area contributed by atoms with Crippen LogP contribution in [0.4, 0.5) is 16.3 Å². The molecule has 0 saturated carbocycles. The van der Waals surface area contributed by atoms with Crippen LogP contribution in [0.3, 0.4) is 0 Å². The maximum atomic E-state index is 11.9. The van der Waals surface area contributed by atoms with Gasteiger partial charge in [0.25, 0.3) is 0 Å². The number of ether oxygens (including phenoxy) is 1. The summed E-state index contributed by atoms with van der Waals surface area (Å²) in [6, 6.07) is 14.3. The molecule has 0 unspecified atom stereocenters. The van der Waals surface area contributed by atoms with Crippen molar-refractivity contribution in [3.05, 3.63) is 42.5 Å². The fourth-order valence-corrected chi connectivity index (χ4v) is 3.10. The van der Waals surface area contributed by atoms with Gasteiger partial charge in [-0.1, -0.05) is 30.3 Å². The number of carbonyl (C=O) groups is 1. The van der Waals surface area contributed by atoms with Gasteiger partial charge in [0, 0.05) is 38.3 Å². The Hall–Kier alpha value is -2.76. The summed E-state index contributed by atoms with van der Waals surface area (Å²) >= 11 is 0. The van der Waals surface area contributed by atoms with Gasteiger partial charge in [0.15, 0.2) is 5.82 Å². The molecule has 1 aromatic carbocycles. The average Bonchev–Trinajstić information content (AvgIpc) is 2.69. The molecule has 2 aromatic rings. The van der Waals surface area contributed by atoms with Crippen LogP contribution >= 0.6 is 0 Å². The van der Waals surface area contributed by atoms with Crippen LogP contribution in [-0.4, -0.2) is 55.3 Å². The number of anilines is 2. The number of amides is 1. The van der Waals surface area contributed by atoms with Crippen LogP contribution in [0, 0.1) is 0 Å². The summed E-state index contributed by atoms with van der Waals surface area (Å²) in [5, 5.41) is 3.40. The largest absolute Gasteiger partial charge is 0.450 e. The van der Waals surface area contributed by atoms with Crippen molar-refractivity contribution in [1.29, 1.82) is 0 Å².